The Morgan fingerprint density at radius 3 is 2.69 bits per heavy atom. The number of hydrogen-bond donors (Lipinski definition) is 0. The topological polar surface area (TPSA) is 9.23 Å². The van der Waals surface area contributed by atoms with Gasteiger partial charge in [0.25, 0.3) is 6.43 Å². The van der Waals surface area contributed by atoms with Gasteiger partial charge in [0.2, 0.25) is 0 Å². The molecule has 0 radical (unpaired) electrons. The fourth-order valence-corrected chi connectivity index (χ4v) is 1.11. The second-order valence-electron chi connectivity index (χ2n) is 2.61. The second kappa shape index (κ2) is 4.56. The van der Waals surface area contributed by atoms with Crippen molar-refractivity contribution in [2.24, 2.45) is 0 Å². The van der Waals surface area contributed by atoms with E-state index in [1.807, 2.05) is 6.92 Å². The molecule has 0 aliphatic rings. The van der Waals surface area contributed by atoms with Gasteiger partial charge >= 0.3 is 0 Å². The van der Waals surface area contributed by atoms with E-state index in [-0.39, 0.29) is 0 Å². The lowest BCUT2D eigenvalue weighted by atomic mass is 10.2. The highest BCUT2D eigenvalue weighted by atomic mass is 79.9. The Hall–Kier alpha value is -0.640. The molecule has 1 rings (SSSR count). The van der Waals surface area contributed by atoms with E-state index in [0.717, 1.165) is 10.0 Å². The number of hydrogen-bond acceptors (Lipinski definition) is 1. The van der Waals surface area contributed by atoms with Crippen LogP contribution >= 0.6 is 15.9 Å². The predicted octanol–water partition coefficient (Wildman–Crippen LogP) is 3.40. The molecule has 0 heterocycles. The lowest BCUT2D eigenvalue weighted by Gasteiger charge is -2.06. The first kappa shape index (κ1) is 10.4. The van der Waals surface area contributed by atoms with Gasteiger partial charge in [0.15, 0.2) is 0 Å². The molecule has 13 heavy (non-hydrogen) atoms. The second-order valence-corrected chi connectivity index (χ2v) is 3.47. The summed E-state index contributed by atoms with van der Waals surface area (Å²) in [5.41, 5.74) is 0.965. The van der Waals surface area contributed by atoms with Crippen LogP contribution in [0.25, 0.3) is 0 Å². The van der Waals surface area contributed by atoms with Crippen molar-refractivity contribution in [3.8, 4) is 5.75 Å². The van der Waals surface area contributed by atoms with Crippen molar-refractivity contribution in [2.75, 3.05) is 6.61 Å². The Kier molecular flexibility index (Phi) is 3.66. The normalized spacial score (nSPS) is 10.5. The SMILES string of the molecule is Cc1cc(OCC(F)F)ccc1Br. The summed E-state index contributed by atoms with van der Waals surface area (Å²) < 4.78 is 29.3. The van der Waals surface area contributed by atoms with Crippen molar-refractivity contribution in [3.05, 3.63) is 28.2 Å². The summed E-state index contributed by atoms with van der Waals surface area (Å²) >= 11 is 3.31. The third kappa shape index (κ3) is 3.30. The third-order valence-electron chi connectivity index (χ3n) is 1.51. The Labute approximate surface area is 83.8 Å². The van der Waals surface area contributed by atoms with E-state index in [1.165, 1.54) is 0 Å². The zero-order valence-corrected chi connectivity index (χ0v) is 8.64. The average molecular weight is 251 g/mol. The Morgan fingerprint density at radius 2 is 2.15 bits per heavy atom. The molecule has 0 unspecified atom stereocenters. The first-order valence-electron chi connectivity index (χ1n) is 3.76. The van der Waals surface area contributed by atoms with Crippen molar-refractivity contribution in [2.45, 2.75) is 13.3 Å². The number of rotatable bonds is 3. The van der Waals surface area contributed by atoms with E-state index >= 15 is 0 Å². The van der Waals surface area contributed by atoms with Crippen LogP contribution in [-0.4, -0.2) is 13.0 Å². The number of alkyl halides is 2. The predicted molar refractivity (Wildman–Crippen MR) is 50.4 cm³/mol. The molecule has 72 valence electrons. The summed E-state index contributed by atoms with van der Waals surface area (Å²) in [6.07, 6.45) is -2.43. The molecule has 0 spiro atoms. The maximum atomic E-state index is 11.8. The lowest BCUT2D eigenvalue weighted by Crippen LogP contribution is -2.06. The van der Waals surface area contributed by atoms with E-state index < -0.39 is 13.0 Å². The van der Waals surface area contributed by atoms with Crippen LogP contribution in [0.2, 0.25) is 0 Å². The first-order chi connectivity index (χ1) is 6.09. The van der Waals surface area contributed by atoms with Crippen LogP contribution in [0, 0.1) is 6.92 Å². The highest BCUT2D eigenvalue weighted by Crippen LogP contribution is 2.21. The molecule has 0 aromatic heterocycles. The van der Waals surface area contributed by atoms with Crippen molar-refractivity contribution in [3.63, 3.8) is 0 Å². The van der Waals surface area contributed by atoms with E-state index in [2.05, 4.69) is 15.9 Å². The van der Waals surface area contributed by atoms with Gasteiger partial charge in [0, 0.05) is 4.47 Å². The summed E-state index contributed by atoms with van der Waals surface area (Å²) in [6, 6.07) is 5.14. The van der Waals surface area contributed by atoms with Crippen molar-refractivity contribution in [1.29, 1.82) is 0 Å². The van der Waals surface area contributed by atoms with Crippen LogP contribution < -0.4 is 4.74 Å². The zero-order chi connectivity index (χ0) is 9.84. The molecular formula is C9H9BrF2O. The van der Waals surface area contributed by atoms with Gasteiger partial charge in [-0.05, 0) is 30.7 Å². The number of halogens is 3. The van der Waals surface area contributed by atoms with Gasteiger partial charge < -0.3 is 4.74 Å². The summed E-state index contributed by atoms with van der Waals surface area (Å²) in [7, 11) is 0. The minimum absolute atomic E-state index is 0.473. The van der Waals surface area contributed by atoms with E-state index in [0.29, 0.717) is 5.75 Å². The Balaban J connectivity index is 2.63. The van der Waals surface area contributed by atoms with Crippen LogP contribution in [0.1, 0.15) is 5.56 Å². The molecular weight excluding hydrogens is 242 g/mol. The number of benzene rings is 1. The number of ether oxygens (including phenoxy) is 1. The van der Waals surface area contributed by atoms with Crippen LogP contribution in [-0.2, 0) is 0 Å². The maximum absolute atomic E-state index is 11.8. The molecule has 0 saturated heterocycles. The highest BCUT2D eigenvalue weighted by molar-refractivity contribution is 9.10. The van der Waals surface area contributed by atoms with Crippen LogP contribution in [0.5, 0.6) is 5.75 Å². The van der Waals surface area contributed by atoms with Crippen molar-refractivity contribution >= 4 is 15.9 Å². The van der Waals surface area contributed by atoms with E-state index in [1.54, 1.807) is 18.2 Å². The maximum Gasteiger partial charge on any atom is 0.272 e. The molecule has 0 aliphatic carbocycles. The smallest absolute Gasteiger partial charge is 0.272 e. The summed E-state index contributed by atoms with van der Waals surface area (Å²) in [5.74, 6) is 0.473. The minimum atomic E-state index is -2.43. The first-order valence-corrected chi connectivity index (χ1v) is 4.56. The molecule has 1 aromatic carbocycles. The van der Waals surface area contributed by atoms with Gasteiger partial charge in [0.05, 0.1) is 0 Å². The quantitative estimate of drug-likeness (QED) is 0.799. The largest absolute Gasteiger partial charge is 0.488 e. The van der Waals surface area contributed by atoms with Crippen LogP contribution in [0.4, 0.5) is 8.78 Å². The van der Waals surface area contributed by atoms with Crippen LogP contribution in [0.15, 0.2) is 22.7 Å². The van der Waals surface area contributed by atoms with Crippen LogP contribution in [0.3, 0.4) is 0 Å². The van der Waals surface area contributed by atoms with E-state index in [4.69, 9.17) is 4.74 Å². The van der Waals surface area contributed by atoms with E-state index in [9.17, 15) is 8.78 Å². The third-order valence-corrected chi connectivity index (χ3v) is 2.40. The average Bonchev–Trinajstić information content (AvgIpc) is 2.07. The molecule has 1 aromatic rings. The van der Waals surface area contributed by atoms with Crippen molar-refractivity contribution in [1.82, 2.24) is 0 Å². The van der Waals surface area contributed by atoms with Gasteiger partial charge in [-0.3, -0.25) is 0 Å². The fraction of sp³-hybridized carbons (Fsp3) is 0.333. The summed E-state index contributed by atoms with van der Waals surface area (Å²) in [5, 5.41) is 0. The summed E-state index contributed by atoms with van der Waals surface area (Å²) in [6.45, 7) is 1.32. The van der Waals surface area contributed by atoms with Gasteiger partial charge in [-0.15, -0.1) is 0 Å². The van der Waals surface area contributed by atoms with Gasteiger partial charge in [0.1, 0.15) is 12.4 Å². The molecule has 0 atom stereocenters. The molecule has 0 amide bonds. The highest BCUT2D eigenvalue weighted by Gasteiger charge is 2.04. The molecule has 0 fully saturated rings. The summed E-state index contributed by atoms with van der Waals surface area (Å²) in [4.78, 5) is 0. The fourth-order valence-electron chi connectivity index (χ4n) is 0.866. The molecule has 4 heteroatoms. The molecule has 0 N–H and O–H groups in total. The molecule has 0 aliphatic heterocycles. The number of aryl methyl sites for hydroxylation is 1. The molecule has 1 nitrogen and oxygen atoms in total. The van der Waals surface area contributed by atoms with Crippen molar-refractivity contribution < 1.29 is 13.5 Å². The standard InChI is InChI=1S/C9H9BrF2O/c1-6-4-7(2-3-8(6)10)13-5-9(11)12/h2-4,9H,5H2,1H3. The Morgan fingerprint density at radius 1 is 1.46 bits per heavy atom. The monoisotopic (exact) mass is 250 g/mol. The van der Waals surface area contributed by atoms with Gasteiger partial charge in [-0.2, -0.15) is 0 Å². The Bertz CT molecular complexity index is 289. The van der Waals surface area contributed by atoms with Gasteiger partial charge in [-0.25, -0.2) is 8.78 Å². The van der Waals surface area contributed by atoms with Gasteiger partial charge in [-0.1, -0.05) is 15.9 Å². The minimum Gasteiger partial charge on any atom is -0.488 e. The lowest BCUT2D eigenvalue weighted by molar-refractivity contribution is 0.0818. The molecule has 0 bridgehead atoms. The zero-order valence-electron chi connectivity index (χ0n) is 7.06. The molecule has 0 saturated carbocycles.